The normalized spacial score (nSPS) is 11.2. The molecule has 0 aliphatic rings. The Morgan fingerprint density at radius 1 is 1.40 bits per heavy atom. The molecular weight excluding hydrogens is 188 g/mol. The molecule has 0 amide bonds. The van der Waals surface area contributed by atoms with E-state index in [1.54, 1.807) is 0 Å². The van der Waals surface area contributed by atoms with E-state index in [1.807, 2.05) is 13.2 Å². The SMILES string of the molecule is CNCCCc1ncc(CCC(C)C)o1. The van der Waals surface area contributed by atoms with Crippen molar-refractivity contribution in [1.29, 1.82) is 0 Å². The topological polar surface area (TPSA) is 38.1 Å². The lowest BCUT2D eigenvalue weighted by Gasteiger charge is -2.00. The second-order valence-corrected chi connectivity index (χ2v) is 4.36. The summed E-state index contributed by atoms with van der Waals surface area (Å²) in [5, 5.41) is 3.12. The van der Waals surface area contributed by atoms with Crippen molar-refractivity contribution in [3.05, 3.63) is 17.8 Å². The van der Waals surface area contributed by atoms with E-state index in [-0.39, 0.29) is 0 Å². The lowest BCUT2D eigenvalue weighted by molar-refractivity contribution is 0.431. The van der Waals surface area contributed by atoms with Crippen molar-refractivity contribution in [2.75, 3.05) is 13.6 Å². The lowest BCUT2D eigenvalue weighted by Crippen LogP contribution is -2.08. The van der Waals surface area contributed by atoms with Crippen LogP contribution in [0.25, 0.3) is 0 Å². The third-order valence-electron chi connectivity index (χ3n) is 2.39. The molecule has 1 aromatic heterocycles. The van der Waals surface area contributed by atoms with Gasteiger partial charge in [-0.05, 0) is 32.4 Å². The molecule has 1 rings (SSSR count). The van der Waals surface area contributed by atoms with Gasteiger partial charge in [-0.2, -0.15) is 0 Å². The zero-order valence-electron chi connectivity index (χ0n) is 10.0. The summed E-state index contributed by atoms with van der Waals surface area (Å²) in [5.74, 6) is 2.63. The van der Waals surface area contributed by atoms with Crippen LogP contribution < -0.4 is 5.32 Å². The fourth-order valence-corrected chi connectivity index (χ4v) is 1.43. The van der Waals surface area contributed by atoms with E-state index in [2.05, 4.69) is 24.1 Å². The average Bonchev–Trinajstić information content (AvgIpc) is 2.63. The molecule has 1 N–H and O–H groups in total. The van der Waals surface area contributed by atoms with E-state index in [0.717, 1.165) is 43.4 Å². The predicted molar refractivity (Wildman–Crippen MR) is 61.9 cm³/mol. The number of aryl methyl sites for hydroxylation is 2. The maximum absolute atomic E-state index is 5.64. The fourth-order valence-electron chi connectivity index (χ4n) is 1.43. The molecule has 0 radical (unpaired) electrons. The van der Waals surface area contributed by atoms with E-state index < -0.39 is 0 Å². The summed E-state index contributed by atoms with van der Waals surface area (Å²) in [6.07, 6.45) is 6.07. The van der Waals surface area contributed by atoms with Crippen molar-refractivity contribution in [3.63, 3.8) is 0 Å². The van der Waals surface area contributed by atoms with Crippen molar-refractivity contribution in [2.24, 2.45) is 5.92 Å². The Bertz CT molecular complexity index is 268. The first-order valence-corrected chi connectivity index (χ1v) is 5.80. The average molecular weight is 210 g/mol. The molecule has 1 aromatic rings. The highest BCUT2D eigenvalue weighted by Crippen LogP contribution is 2.11. The number of nitrogens with zero attached hydrogens (tertiary/aromatic N) is 1. The Labute approximate surface area is 92.3 Å². The summed E-state index contributed by atoms with van der Waals surface area (Å²) < 4.78 is 5.64. The van der Waals surface area contributed by atoms with Gasteiger partial charge in [-0.3, -0.25) is 0 Å². The van der Waals surface area contributed by atoms with Crippen molar-refractivity contribution in [2.45, 2.75) is 39.5 Å². The van der Waals surface area contributed by atoms with Gasteiger partial charge < -0.3 is 9.73 Å². The maximum Gasteiger partial charge on any atom is 0.194 e. The monoisotopic (exact) mass is 210 g/mol. The highest BCUT2D eigenvalue weighted by molar-refractivity contribution is 4.94. The summed E-state index contributed by atoms with van der Waals surface area (Å²) in [7, 11) is 1.96. The van der Waals surface area contributed by atoms with Gasteiger partial charge in [0.1, 0.15) is 5.76 Å². The van der Waals surface area contributed by atoms with E-state index >= 15 is 0 Å². The molecule has 1 heterocycles. The standard InChI is InChI=1S/C12H22N2O/c1-10(2)6-7-11-9-14-12(15-11)5-4-8-13-3/h9-10,13H,4-8H2,1-3H3. The number of hydrogen-bond acceptors (Lipinski definition) is 3. The molecule has 0 fully saturated rings. The van der Waals surface area contributed by atoms with Crippen molar-refractivity contribution >= 4 is 0 Å². The van der Waals surface area contributed by atoms with Crippen molar-refractivity contribution in [3.8, 4) is 0 Å². The van der Waals surface area contributed by atoms with Gasteiger partial charge in [-0.15, -0.1) is 0 Å². The van der Waals surface area contributed by atoms with Crippen LogP contribution in [0.1, 0.15) is 38.3 Å². The molecule has 0 atom stereocenters. The van der Waals surface area contributed by atoms with Crippen molar-refractivity contribution < 1.29 is 4.42 Å². The van der Waals surface area contributed by atoms with E-state index in [1.165, 1.54) is 6.42 Å². The first-order valence-electron chi connectivity index (χ1n) is 5.80. The van der Waals surface area contributed by atoms with Crippen molar-refractivity contribution in [1.82, 2.24) is 10.3 Å². The lowest BCUT2D eigenvalue weighted by atomic mass is 10.1. The van der Waals surface area contributed by atoms with Crippen LogP contribution in [0.5, 0.6) is 0 Å². The number of oxazole rings is 1. The summed E-state index contributed by atoms with van der Waals surface area (Å²) in [4.78, 5) is 4.27. The Morgan fingerprint density at radius 3 is 2.87 bits per heavy atom. The zero-order chi connectivity index (χ0) is 11.1. The molecule has 3 heteroatoms. The second-order valence-electron chi connectivity index (χ2n) is 4.36. The van der Waals surface area contributed by atoms with Gasteiger partial charge in [0.25, 0.3) is 0 Å². The van der Waals surface area contributed by atoms with Crippen LogP contribution in [0.3, 0.4) is 0 Å². The molecule has 0 bridgehead atoms. The van der Waals surface area contributed by atoms with Gasteiger partial charge in [0.05, 0.1) is 6.20 Å². The van der Waals surface area contributed by atoms with Gasteiger partial charge in [0, 0.05) is 12.8 Å². The molecule has 0 aromatic carbocycles. The maximum atomic E-state index is 5.64. The highest BCUT2D eigenvalue weighted by Gasteiger charge is 2.04. The molecule has 3 nitrogen and oxygen atoms in total. The van der Waals surface area contributed by atoms with Crippen LogP contribution in [0, 0.1) is 5.92 Å². The third-order valence-corrected chi connectivity index (χ3v) is 2.39. The van der Waals surface area contributed by atoms with Crippen LogP contribution in [-0.2, 0) is 12.8 Å². The summed E-state index contributed by atoms with van der Waals surface area (Å²) in [6, 6.07) is 0. The Kier molecular flexibility index (Phi) is 5.40. The smallest absolute Gasteiger partial charge is 0.194 e. The van der Waals surface area contributed by atoms with Crippen LogP contribution in [0.2, 0.25) is 0 Å². The quantitative estimate of drug-likeness (QED) is 0.702. The molecule has 0 saturated heterocycles. The number of aromatic nitrogens is 1. The Morgan fingerprint density at radius 2 is 2.20 bits per heavy atom. The molecule has 0 aliphatic carbocycles. The number of rotatable bonds is 7. The van der Waals surface area contributed by atoms with Gasteiger partial charge in [0.2, 0.25) is 0 Å². The number of nitrogens with one attached hydrogen (secondary N) is 1. The molecule has 0 saturated carbocycles. The van der Waals surface area contributed by atoms with Crippen LogP contribution in [0.4, 0.5) is 0 Å². The predicted octanol–water partition coefficient (Wildman–Crippen LogP) is 2.42. The number of hydrogen-bond donors (Lipinski definition) is 1. The fraction of sp³-hybridized carbons (Fsp3) is 0.750. The summed E-state index contributed by atoms with van der Waals surface area (Å²) >= 11 is 0. The van der Waals surface area contributed by atoms with Gasteiger partial charge in [-0.1, -0.05) is 13.8 Å². The Balaban J connectivity index is 2.29. The first-order chi connectivity index (χ1) is 7.22. The van der Waals surface area contributed by atoms with Gasteiger partial charge in [0.15, 0.2) is 5.89 Å². The second kappa shape index (κ2) is 6.62. The third kappa shape index (κ3) is 4.98. The highest BCUT2D eigenvalue weighted by atomic mass is 16.4. The van der Waals surface area contributed by atoms with Gasteiger partial charge >= 0.3 is 0 Å². The zero-order valence-corrected chi connectivity index (χ0v) is 10.0. The summed E-state index contributed by atoms with van der Waals surface area (Å²) in [5.41, 5.74) is 0. The molecule has 15 heavy (non-hydrogen) atoms. The van der Waals surface area contributed by atoms with Crippen LogP contribution >= 0.6 is 0 Å². The van der Waals surface area contributed by atoms with Crippen LogP contribution in [0.15, 0.2) is 10.6 Å². The van der Waals surface area contributed by atoms with E-state index in [0.29, 0.717) is 0 Å². The molecule has 0 spiro atoms. The van der Waals surface area contributed by atoms with Gasteiger partial charge in [-0.25, -0.2) is 4.98 Å². The minimum Gasteiger partial charge on any atom is -0.446 e. The summed E-state index contributed by atoms with van der Waals surface area (Å²) in [6.45, 7) is 5.47. The molecule has 86 valence electrons. The Hall–Kier alpha value is -0.830. The minimum atomic E-state index is 0.725. The van der Waals surface area contributed by atoms with Crippen LogP contribution in [-0.4, -0.2) is 18.6 Å². The van der Waals surface area contributed by atoms with E-state index in [9.17, 15) is 0 Å². The minimum absolute atomic E-state index is 0.725. The molecule has 0 aliphatic heterocycles. The largest absolute Gasteiger partial charge is 0.446 e. The van der Waals surface area contributed by atoms with E-state index in [4.69, 9.17) is 4.42 Å². The molecule has 0 unspecified atom stereocenters. The first kappa shape index (κ1) is 12.2. The molecular formula is C12H22N2O.